The molecule has 1 aliphatic heterocycles. The van der Waals surface area contributed by atoms with Crippen LogP contribution in [0.15, 0.2) is 41.2 Å². The monoisotopic (exact) mass is 458 g/mol. The molecular weight excluding hydrogens is 424 g/mol. The van der Waals surface area contributed by atoms with Crippen molar-refractivity contribution in [2.75, 3.05) is 12.9 Å². The molecule has 0 radical (unpaired) electrons. The first-order valence-electron chi connectivity index (χ1n) is 11.6. The Kier molecular flexibility index (Phi) is 6.89. The summed E-state index contributed by atoms with van der Waals surface area (Å²) in [7, 11) is -3.39. The molecular formula is C25H34N2O4S. The average Bonchev–Trinajstić information content (AvgIpc) is 2.75. The minimum Gasteiger partial charge on any atom is -0.376 e. The molecule has 7 heteroatoms. The lowest BCUT2D eigenvalue weighted by Crippen LogP contribution is -2.49. The van der Waals surface area contributed by atoms with E-state index in [1.807, 2.05) is 12.1 Å². The number of nitrogens with zero attached hydrogens (tertiary/aromatic N) is 1. The van der Waals surface area contributed by atoms with Gasteiger partial charge in [-0.2, -0.15) is 0 Å². The quantitative estimate of drug-likeness (QED) is 0.717. The molecule has 174 valence electrons. The summed E-state index contributed by atoms with van der Waals surface area (Å²) in [5.41, 5.74) is 4.34. The highest BCUT2D eigenvalue weighted by atomic mass is 32.2. The molecule has 2 aliphatic rings. The van der Waals surface area contributed by atoms with Crippen LogP contribution in [0.4, 0.5) is 0 Å². The van der Waals surface area contributed by atoms with Crippen LogP contribution >= 0.6 is 0 Å². The third-order valence-electron chi connectivity index (χ3n) is 7.07. The van der Waals surface area contributed by atoms with Crippen molar-refractivity contribution in [2.24, 2.45) is 0 Å². The molecule has 32 heavy (non-hydrogen) atoms. The first-order valence-corrected chi connectivity index (χ1v) is 13.5. The third kappa shape index (κ3) is 5.16. The van der Waals surface area contributed by atoms with Gasteiger partial charge in [-0.05, 0) is 75.5 Å². The molecule has 1 fully saturated rings. The van der Waals surface area contributed by atoms with Crippen LogP contribution in [0.1, 0.15) is 66.4 Å². The van der Waals surface area contributed by atoms with E-state index >= 15 is 0 Å². The Morgan fingerprint density at radius 1 is 1.00 bits per heavy atom. The Balaban J connectivity index is 1.47. The summed E-state index contributed by atoms with van der Waals surface area (Å²) < 4.78 is 34.8. The standard InChI is InChI=1S/C25H34N2O4S/c1-17-6-4-5-7-22(17)19-9-13-21(14-10-19)31-16-24-23(26-32(3,29)30)15-12-20-11-8-18(2)25(28)27(20)24/h4-8,11,19,21,23-24,26H,9-10,12-16H2,1-3H3. The topological polar surface area (TPSA) is 77.4 Å². The van der Waals surface area contributed by atoms with Crippen LogP contribution in [0.5, 0.6) is 0 Å². The fraction of sp³-hybridized carbons (Fsp3) is 0.560. The minimum absolute atomic E-state index is 0.0561. The number of sulfonamides is 1. The van der Waals surface area contributed by atoms with Gasteiger partial charge >= 0.3 is 0 Å². The van der Waals surface area contributed by atoms with Gasteiger partial charge in [0.25, 0.3) is 5.56 Å². The molecule has 2 unspecified atom stereocenters. The van der Waals surface area contributed by atoms with Gasteiger partial charge in [0.05, 0.1) is 25.0 Å². The van der Waals surface area contributed by atoms with E-state index in [2.05, 4.69) is 35.9 Å². The van der Waals surface area contributed by atoms with E-state index in [0.717, 1.165) is 31.4 Å². The maximum atomic E-state index is 12.9. The van der Waals surface area contributed by atoms with Gasteiger partial charge in [0.15, 0.2) is 0 Å². The van der Waals surface area contributed by atoms with Gasteiger partial charge in [-0.3, -0.25) is 4.79 Å². The van der Waals surface area contributed by atoms with E-state index in [-0.39, 0.29) is 23.7 Å². The Hall–Kier alpha value is -1.96. The molecule has 2 heterocycles. The number of hydrogen-bond acceptors (Lipinski definition) is 4. The first-order chi connectivity index (χ1) is 15.2. The number of hydrogen-bond donors (Lipinski definition) is 1. The summed E-state index contributed by atoms with van der Waals surface area (Å²) in [5, 5.41) is 0. The van der Waals surface area contributed by atoms with Crippen molar-refractivity contribution in [3.05, 3.63) is 69.1 Å². The van der Waals surface area contributed by atoms with E-state index < -0.39 is 10.0 Å². The first kappa shape index (κ1) is 23.2. The minimum atomic E-state index is -3.39. The van der Waals surface area contributed by atoms with E-state index in [1.165, 1.54) is 17.4 Å². The molecule has 2 aromatic rings. The van der Waals surface area contributed by atoms with Crippen LogP contribution in [0.2, 0.25) is 0 Å². The number of aromatic nitrogens is 1. The Bertz CT molecular complexity index is 1120. The molecule has 0 spiro atoms. The second kappa shape index (κ2) is 9.49. The summed E-state index contributed by atoms with van der Waals surface area (Å²) in [6.07, 6.45) is 6.76. The summed E-state index contributed by atoms with van der Waals surface area (Å²) in [6.45, 7) is 4.31. The maximum absolute atomic E-state index is 12.9. The molecule has 1 aromatic heterocycles. The maximum Gasteiger partial charge on any atom is 0.254 e. The number of ether oxygens (including phenoxy) is 1. The zero-order valence-corrected chi connectivity index (χ0v) is 20.0. The summed E-state index contributed by atoms with van der Waals surface area (Å²) in [6, 6.07) is 11.7. The number of aryl methyl sites for hydroxylation is 3. The lowest BCUT2D eigenvalue weighted by molar-refractivity contribution is -0.00171. The number of rotatable bonds is 6. The van der Waals surface area contributed by atoms with Crippen LogP contribution < -0.4 is 10.3 Å². The van der Waals surface area contributed by atoms with Crippen molar-refractivity contribution in [1.29, 1.82) is 0 Å². The largest absolute Gasteiger partial charge is 0.376 e. The SMILES string of the molecule is Cc1ccccc1C1CCC(OCC2C(NS(C)(=O)=O)CCc3ccc(C)c(=O)n32)CC1. The lowest BCUT2D eigenvalue weighted by Gasteiger charge is -2.37. The second-order valence-corrected chi connectivity index (χ2v) is 11.2. The molecule has 0 saturated heterocycles. The smallest absolute Gasteiger partial charge is 0.254 e. The van der Waals surface area contributed by atoms with Gasteiger partial charge < -0.3 is 9.30 Å². The number of benzene rings is 1. The number of nitrogens with one attached hydrogen (secondary N) is 1. The zero-order valence-electron chi connectivity index (χ0n) is 19.2. The molecule has 1 N–H and O–H groups in total. The van der Waals surface area contributed by atoms with Crippen LogP contribution in [0.25, 0.3) is 0 Å². The number of fused-ring (bicyclic) bond motifs is 1. The van der Waals surface area contributed by atoms with Gasteiger partial charge in [-0.1, -0.05) is 30.3 Å². The molecule has 0 bridgehead atoms. The molecule has 1 aliphatic carbocycles. The van der Waals surface area contributed by atoms with Crippen molar-refractivity contribution in [3.63, 3.8) is 0 Å². The molecule has 0 amide bonds. The van der Waals surface area contributed by atoms with Gasteiger partial charge in [-0.25, -0.2) is 13.1 Å². The predicted octanol–water partition coefficient (Wildman–Crippen LogP) is 3.61. The van der Waals surface area contributed by atoms with Crippen molar-refractivity contribution < 1.29 is 13.2 Å². The predicted molar refractivity (Wildman–Crippen MR) is 127 cm³/mol. The average molecular weight is 459 g/mol. The van der Waals surface area contributed by atoms with Crippen LogP contribution in [-0.2, 0) is 21.2 Å². The highest BCUT2D eigenvalue weighted by Gasteiger charge is 2.34. The van der Waals surface area contributed by atoms with Crippen LogP contribution in [-0.4, -0.2) is 38.0 Å². The van der Waals surface area contributed by atoms with E-state index in [1.54, 1.807) is 11.5 Å². The van der Waals surface area contributed by atoms with E-state index in [4.69, 9.17) is 4.74 Å². The van der Waals surface area contributed by atoms with E-state index in [9.17, 15) is 13.2 Å². The summed E-state index contributed by atoms with van der Waals surface area (Å²) in [4.78, 5) is 12.9. The highest BCUT2D eigenvalue weighted by Crippen LogP contribution is 2.36. The highest BCUT2D eigenvalue weighted by molar-refractivity contribution is 7.88. The molecule has 1 saturated carbocycles. The molecule has 4 rings (SSSR count). The molecule has 1 aromatic carbocycles. The van der Waals surface area contributed by atoms with Gasteiger partial charge in [0.2, 0.25) is 10.0 Å². The zero-order chi connectivity index (χ0) is 22.9. The van der Waals surface area contributed by atoms with Crippen LogP contribution in [0, 0.1) is 13.8 Å². The van der Waals surface area contributed by atoms with Crippen molar-refractivity contribution in [3.8, 4) is 0 Å². The number of pyridine rings is 1. The lowest BCUT2D eigenvalue weighted by atomic mass is 9.81. The Morgan fingerprint density at radius 2 is 1.72 bits per heavy atom. The normalized spacial score (nSPS) is 26.0. The van der Waals surface area contributed by atoms with Crippen molar-refractivity contribution in [1.82, 2.24) is 9.29 Å². The van der Waals surface area contributed by atoms with Crippen LogP contribution in [0.3, 0.4) is 0 Å². The summed E-state index contributed by atoms with van der Waals surface area (Å²) in [5.74, 6) is 0.566. The second-order valence-electron chi connectivity index (χ2n) is 9.45. The summed E-state index contributed by atoms with van der Waals surface area (Å²) >= 11 is 0. The van der Waals surface area contributed by atoms with Gasteiger partial charge in [0, 0.05) is 17.3 Å². The fourth-order valence-corrected chi connectivity index (χ4v) is 6.18. The molecule has 2 atom stereocenters. The van der Waals surface area contributed by atoms with Crippen molar-refractivity contribution in [2.45, 2.75) is 76.5 Å². The van der Waals surface area contributed by atoms with Gasteiger partial charge in [-0.15, -0.1) is 0 Å². The molecule has 6 nitrogen and oxygen atoms in total. The fourth-order valence-electron chi connectivity index (χ4n) is 5.36. The van der Waals surface area contributed by atoms with E-state index in [0.29, 0.717) is 30.9 Å². The van der Waals surface area contributed by atoms with Gasteiger partial charge in [0.1, 0.15) is 0 Å². The third-order valence-corrected chi connectivity index (χ3v) is 7.80. The van der Waals surface area contributed by atoms with Crippen molar-refractivity contribution >= 4 is 10.0 Å². The Morgan fingerprint density at radius 3 is 2.41 bits per heavy atom. The Labute approximate surface area is 191 Å².